The van der Waals surface area contributed by atoms with Crippen molar-refractivity contribution in [2.24, 2.45) is 0 Å². The standard InChI is InChI=1S/C6H10OS2/c1-2-5-6(7)4(8)3-9-5/h4-5,8H,2-3H2,1H3. The Morgan fingerprint density at radius 2 is 2.56 bits per heavy atom. The summed E-state index contributed by atoms with van der Waals surface area (Å²) < 4.78 is 0. The van der Waals surface area contributed by atoms with E-state index >= 15 is 0 Å². The van der Waals surface area contributed by atoms with Crippen LogP contribution in [0.4, 0.5) is 0 Å². The highest BCUT2D eigenvalue weighted by molar-refractivity contribution is 8.02. The molecule has 3 heteroatoms. The SMILES string of the molecule is CCC1SCC(S)C1=O. The van der Waals surface area contributed by atoms with Crippen LogP contribution in [0.2, 0.25) is 0 Å². The van der Waals surface area contributed by atoms with Gasteiger partial charge < -0.3 is 0 Å². The number of hydrogen-bond donors (Lipinski definition) is 1. The Morgan fingerprint density at radius 1 is 1.89 bits per heavy atom. The van der Waals surface area contributed by atoms with Gasteiger partial charge in [0.1, 0.15) is 0 Å². The van der Waals surface area contributed by atoms with Crippen LogP contribution in [0.15, 0.2) is 0 Å². The second kappa shape index (κ2) is 2.97. The fraction of sp³-hybridized carbons (Fsp3) is 0.833. The van der Waals surface area contributed by atoms with Crippen molar-refractivity contribution < 1.29 is 4.79 Å². The van der Waals surface area contributed by atoms with E-state index in [1.54, 1.807) is 11.8 Å². The van der Waals surface area contributed by atoms with E-state index in [1.165, 1.54) is 0 Å². The summed E-state index contributed by atoms with van der Waals surface area (Å²) in [5.41, 5.74) is 0. The van der Waals surface area contributed by atoms with Crippen molar-refractivity contribution in [1.82, 2.24) is 0 Å². The second-order valence-electron chi connectivity index (χ2n) is 2.15. The molecule has 1 rings (SSSR count). The van der Waals surface area contributed by atoms with Crippen LogP contribution in [0.5, 0.6) is 0 Å². The lowest BCUT2D eigenvalue weighted by Gasteiger charge is -2.00. The van der Waals surface area contributed by atoms with Crippen LogP contribution in [0.3, 0.4) is 0 Å². The molecule has 1 saturated heterocycles. The monoisotopic (exact) mass is 162 g/mol. The fourth-order valence-corrected chi connectivity index (χ4v) is 2.59. The van der Waals surface area contributed by atoms with Gasteiger partial charge in [-0.15, -0.1) is 11.8 Å². The van der Waals surface area contributed by atoms with Crippen molar-refractivity contribution in [3.8, 4) is 0 Å². The molecule has 1 nitrogen and oxygen atoms in total. The first-order valence-corrected chi connectivity index (χ1v) is 4.65. The first kappa shape index (κ1) is 7.48. The molecule has 0 aromatic heterocycles. The zero-order valence-electron chi connectivity index (χ0n) is 5.33. The van der Waals surface area contributed by atoms with E-state index < -0.39 is 0 Å². The summed E-state index contributed by atoms with van der Waals surface area (Å²) in [7, 11) is 0. The van der Waals surface area contributed by atoms with Crippen LogP contribution < -0.4 is 0 Å². The van der Waals surface area contributed by atoms with Gasteiger partial charge in [0.05, 0.1) is 10.5 Å². The lowest BCUT2D eigenvalue weighted by molar-refractivity contribution is -0.117. The smallest absolute Gasteiger partial charge is 0.159 e. The van der Waals surface area contributed by atoms with Gasteiger partial charge in [-0.3, -0.25) is 4.79 Å². The Morgan fingerprint density at radius 3 is 2.78 bits per heavy atom. The van der Waals surface area contributed by atoms with Gasteiger partial charge in [0.2, 0.25) is 0 Å². The quantitative estimate of drug-likeness (QED) is 0.587. The van der Waals surface area contributed by atoms with Gasteiger partial charge >= 0.3 is 0 Å². The Hall–Kier alpha value is 0.370. The molecular formula is C6H10OS2. The highest BCUT2D eigenvalue weighted by Gasteiger charge is 2.30. The van der Waals surface area contributed by atoms with Crippen LogP contribution in [-0.4, -0.2) is 22.0 Å². The molecule has 1 heterocycles. The summed E-state index contributed by atoms with van der Waals surface area (Å²) in [5.74, 6) is 1.23. The van der Waals surface area contributed by atoms with E-state index in [-0.39, 0.29) is 10.5 Å². The van der Waals surface area contributed by atoms with Gasteiger partial charge in [-0.2, -0.15) is 12.6 Å². The summed E-state index contributed by atoms with van der Waals surface area (Å²) in [4.78, 5) is 11.0. The lowest BCUT2D eigenvalue weighted by atomic mass is 10.2. The number of Topliss-reactive ketones (excluding diaryl/α,β-unsaturated/α-hetero) is 1. The van der Waals surface area contributed by atoms with E-state index in [9.17, 15) is 4.79 Å². The minimum Gasteiger partial charge on any atom is -0.297 e. The molecule has 1 aliphatic heterocycles. The molecule has 0 amide bonds. The lowest BCUT2D eigenvalue weighted by Crippen LogP contribution is -2.17. The van der Waals surface area contributed by atoms with Crippen molar-refractivity contribution in [3.05, 3.63) is 0 Å². The van der Waals surface area contributed by atoms with E-state index in [4.69, 9.17) is 0 Å². The maximum atomic E-state index is 11.0. The topological polar surface area (TPSA) is 17.1 Å². The van der Waals surface area contributed by atoms with Gasteiger partial charge in [0.15, 0.2) is 5.78 Å². The summed E-state index contributed by atoms with van der Waals surface area (Å²) in [6.07, 6.45) is 0.959. The molecule has 0 spiro atoms. The third-order valence-electron chi connectivity index (χ3n) is 1.47. The Balaban J connectivity index is 2.51. The molecule has 2 atom stereocenters. The van der Waals surface area contributed by atoms with Crippen LogP contribution >= 0.6 is 24.4 Å². The zero-order valence-corrected chi connectivity index (χ0v) is 7.04. The van der Waals surface area contributed by atoms with Crippen molar-refractivity contribution in [1.29, 1.82) is 0 Å². The minimum absolute atomic E-state index is 0.0138. The Kier molecular flexibility index (Phi) is 2.47. The number of thiol groups is 1. The minimum atomic E-state index is 0.0138. The van der Waals surface area contributed by atoms with Crippen molar-refractivity contribution in [2.75, 3.05) is 5.75 Å². The average Bonchev–Trinajstić information content (AvgIpc) is 2.15. The molecule has 0 N–H and O–H groups in total. The molecule has 1 aliphatic rings. The van der Waals surface area contributed by atoms with E-state index in [2.05, 4.69) is 12.6 Å². The van der Waals surface area contributed by atoms with Gasteiger partial charge in [-0.05, 0) is 6.42 Å². The van der Waals surface area contributed by atoms with Gasteiger partial charge in [0, 0.05) is 5.75 Å². The molecule has 2 unspecified atom stereocenters. The summed E-state index contributed by atoms with van der Waals surface area (Å²) in [6, 6.07) is 0. The number of carbonyl (C=O) groups is 1. The number of rotatable bonds is 1. The molecule has 9 heavy (non-hydrogen) atoms. The molecule has 0 aliphatic carbocycles. The molecular weight excluding hydrogens is 152 g/mol. The maximum Gasteiger partial charge on any atom is 0.159 e. The molecule has 0 aromatic rings. The maximum absolute atomic E-state index is 11.0. The predicted molar refractivity (Wildman–Crippen MR) is 44.3 cm³/mol. The molecule has 0 saturated carbocycles. The van der Waals surface area contributed by atoms with Crippen LogP contribution in [0.1, 0.15) is 13.3 Å². The largest absolute Gasteiger partial charge is 0.297 e. The van der Waals surface area contributed by atoms with Gasteiger partial charge in [-0.25, -0.2) is 0 Å². The molecule has 0 aromatic carbocycles. The highest BCUT2D eigenvalue weighted by atomic mass is 32.2. The number of carbonyl (C=O) groups excluding carboxylic acids is 1. The van der Waals surface area contributed by atoms with E-state index in [0.717, 1.165) is 12.2 Å². The third kappa shape index (κ3) is 1.44. The normalized spacial score (nSPS) is 35.6. The van der Waals surface area contributed by atoms with Crippen molar-refractivity contribution in [3.63, 3.8) is 0 Å². The third-order valence-corrected chi connectivity index (χ3v) is 3.65. The van der Waals surface area contributed by atoms with E-state index in [1.807, 2.05) is 6.92 Å². The van der Waals surface area contributed by atoms with Crippen molar-refractivity contribution >= 4 is 30.2 Å². The summed E-state index contributed by atoms with van der Waals surface area (Å²) in [5, 5.41) is 0.257. The summed E-state index contributed by atoms with van der Waals surface area (Å²) >= 11 is 5.86. The molecule has 1 fully saturated rings. The highest BCUT2D eigenvalue weighted by Crippen LogP contribution is 2.28. The Labute approximate surface area is 65.0 Å². The molecule has 0 bridgehead atoms. The molecule has 0 radical (unpaired) electrons. The average molecular weight is 162 g/mol. The predicted octanol–water partition coefficient (Wildman–Crippen LogP) is 1.38. The van der Waals surface area contributed by atoms with Gasteiger partial charge in [0.25, 0.3) is 0 Å². The number of hydrogen-bond acceptors (Lipinski definition) is 3. The van der Waals surface area contributed by atoms with Crippen LogP contribution in [0, 0.1) is 0 Å². The van der Waals surface area contributed by atoms with Crippen LogP contribution in [-0.2, 0) is 4.79 Å². The first-order valence-electron chi connectivity index (χ1n) is 3.09. The first-order chi connectivity index (χ1) is 4.25. The van der Waals surface area contributed by atoms with Gasteiger partial charge in [-0.1, -0.05) is 6.92 Å². The second-order valence-corrected chi connectivity index (χ2v) is 4.01. The molecule has 52 valence electrons. The number of thioether (sulfide) groups is 1. The van der Waals surface area contributed by atoms with Crippen LogP contribution in [0.25, 0.3) is 0 Å². The zero-order chi connectivity index (χ0) is 6.85. The van der Waals surface area contributed by atoms with Crippen molar-refractivity contribution in [2.45, 2.75) is 23.8 Å². The Bertz CT molecular complexity index is 124. The summed E-state index contributed by atoms with van der Waals surface area (Å²) in [6.45, 7) is 2.04. The van der Waals surface area contributed by atoms with E-state index in [0.29, 0.717) is 5.78 Å². The number of ketones is 1. The fourth-order valence-electron chi connectivity index (χ4n) is 0.905.